The van der Waals surface area contributed by atoms with Crippen molar-refractivity contribution in [3.05, 3.63) is 65.0 Å². The zero-order valence-electron chi connectivity index (χ0n) is 11.5. The average molecular weight is 283 g/mol. The van der Waals surface area contributed by atoms with Crippen molar-refractivity contribution < 1.29 is 9.18 Å². The molecular formula is C16H14FN3O. The molecule has 106 valence electrons. The van der Waals surface area contributed by atoms with Crippen LogP contribution in [-0.4, -0.2) is 13.0 Å². The molecule has 0 fully saturated rings. The van der Waals surface area contributed by atoms with Crippen molar-refractivity contribution >= 4 is 11.6 Å². The average Bonchev–Trinajstić information content (AvgIpc) is 2.53. The van der Waals surface area contributed by atoms with Gasteiger partial charge in [-0.3, -0.25) is 4.79 Å². The van der Waals surface area contributed by atoms with Crippen molar-refractivity contribution in [2.24, 2.45) is 0 Å². The number of carbonyl (C=O) groups excluding carboxylic acids is 1. The smallest absolute Gasteiger partial charge is 0.251 e. The van der Waals surface area contributed by atoms with Crippen molar-refractivity contribution in [2.75, 3.05) is 12.4 Å². The summed E-state index contributed by atoms with van der Waals surface area (Å²) in [7, 11) is 1.58. The summed E-state index contributed by atoms with van der Waals surface area (Å²) >= 11 is 0. The van der Waals surface area contributed by atoms with Gasteiger partial charge in [0.05, 0.1) is 11.3 Å². The van der Waals surface area contributed by atoms with Gasteiger partial charge in [-0.25, -0.2) is 4.39 Å². The zero-order valence-corrected chi connectivity index (χ0v) is 11.5. The van der Waals surface area contributed by atoms with E-state index in [-0.39, 0.29) is 11.5 Å². The Balaban J connectivity index is 2.07. The lowest BCUT2D eigenvalue weighted by molar-refractivity contribution is 0.0963. The summed E-state index contributed by atoms with van der Waals surface area (Å²) in [5, 5.41) is 14.6. The molecule has 21 heavy (non-hydrogen) atoms. The van der Waals surface area contributed by atoms with Gasteiger partial charge in [0, 0.05) is 19.2 Å². The third kappa shape index (κ3) is 3.57. The highest BCUT2D eigenvalue weighted by molar-refractivity contribution is 5.93. The minimum Gasteiger partial charge on any atom is -0.380 e. The maximum absolute atomic E-state index is 13.0. The van der Waals surface area contributed by atoms with Crippen LogP contribution in [0.1, 0.15) is 21.5 Å². The number of hydrogen-bond acceptors (Lipinski definition) is 3. The topological polar surface area (TPSA) is 64.9 Å². The molecule has 0 aromatic heterocycles. The molecule has 0 saturated heterocycles. The lowest BCUT2D eigenvalue weighted by atomic mass is 10.1. The number of hydrogen-bond donors (Lipinski definition) is 2. The van der Waals surface area contributed by atoms with Gasteiger partial charge in [-0.15, -0.1) is 0 Å². The standard InChI is InChI=1S/C16H14FN3O/c1-19-16(21)12-4-2-11(3-5-12)10-20-15-7-6-14(17)8-13(15)9-18/h2-8,20H,10H2,1H3,(H,19,21). The highest BCUT2D eigenvalue weighted by atomic mass is 19.1. The van der Waals surface area contributed by atoms with Gasteiger partial charge in [-0.05, 0) is 35.9 Å². The largest absolute Gasteiger partial charge is 0.380 e. The number of halogens is 1. The van der Waals surface area contributed by atoms with E-state index in [1.165, 1.54) is 18.2 Å². The number of benzene rings is 2. The molecule has 4 nitrogen and oxygen atoms in total. The summed E-state index contributed by atoms with van der Waals surface area (Å²) in [6, 6.07) is 13.1. The molecule has 0 spiro atoms. The number of nitriles is 1. The molecule has 0 aliphatic rings. The van der Waals surface area contributed by atoms with E-state index in [0.29, 0.717) is 17.8 Å². The Morgan fingerprint density at radius 3 is 2.57 bits per heavy atom. The van der Waals surface area contributed by atoms with E-state index in [0.717, 1.165) is 5.56 Å². The van der Waals surface area contributed by atoms with Crippen LogP contribution in [0.15, 0.2) is 42.5 Å². The first-order chi connectivity index (χ1) is 10.1. The third-order valence-corrected chi connectivity index (χ3v) is 3.03. The van der Waals surface area contributed by atoms with Crippen LogP contribution in [0.5, 0.6) is 0 Å². The number of nitrogens with one attached hydrogen (secondary N) is 2. The lowest BCUT2D eigenvalue weighted by Crippen LogP contribution is -2.17. The first-order valence-electron chi connectivity index (χ1n) is 6.38. The van der Waals surface area contributed by atoms with Crippen LogP contribution < -0.4 is 10.6 Å². The number of amides is 1. The van der Waals surface area contributed by atoms with E-state index >= 15 is 0 Å². The van der Waals surface area contributed by atoms with E-state index < -0.39 is 5.82 Å². The first kappa shape index (κ1) is 14.5. The fourth-order valence-corrected chi connectivity index (χ4v) is 1.88. The number of rotatable bonds is 4. The van der Waals surface area contributed by atoms with Gasteiger partial charge in [-0.2, -0.15) is 5.26 Å². The predicted molar refractivity (Wildman–Crippen MR) is 78.3 cm³/mol. The van der Waals surface area contributed by atoms with Gasteiger partial charge in [0.25, 0.3) is 5.91 Å². The molecule has 5 heteroatoms. The minimum absolute atomic E-state index is 0.139. The van der Waals surface area contributed by atoms with E-state index in [1.54, 1.807) is 19.2 Å². The predicted octanol–water partition coefficient (Wildman–Crippen LogP) is 2.67. The quantitative estimate of drug-likeness (QED) is 0.906. The lowest BCUT2D eigenvalue weighted by Gasteiger charge is -2.09. The van der Waals surface area contributed by atoms with Crippen LogP contribution in [0.2, 0.25) is 0 Å². The summed E-state index contributed by atoms with van der Waals surface area (Å²) in [5.74, 6) is -0.577. The first-order valence-corrected chi connectivity index (χ1v) is 6.38. The molecule has 2 rings (SSSR count). The molecule has 0 bridgehead atoms. The van der Waals surface area contributed by atoms with Crippen LogP contribution in [0.25, 0.3) is 0 Å². The monoisotopic (exact) mass is 283 g/mol. The van der Waals surface area contributed by atoms with Gasteiger partial charge >= 0.3 is 0 Å². The molecule has 0 unspecified atom stereocenters. The highest BCUT2D eigenvalue weighted by Gasteiger charge is 2.05. The van der Waals surface area contributed by atoms with E-state index in [2.05, 4.69) is 10.6 Å². The Kier molecular flexibility index (Phi) is 4.52. The maximum Gasteiger partial charge on any atom is 0.251 e. The summed E-state index contributed by atoms with van der Waals surface area (Å²) in [6.45, 7) is 0.480. The van der Waals surface area contributed by atoms with Crippen molar-refractivity contribution in [1.29, 1.82) is 5.26 Å². The Morgan fingerprint density at radius 1 is 1.24 bits per heavy atom. The Labute approximate surface area is 122 Å². The highest BCUT2D eigenvalue weighted by Crippen LogP contribution is 2.17. The van der Waals surface area contributed by atoms with Crippen molar-refractivity contribution in [3.8, 4) is 6.07 Å². The van der Waals surface area contributed by atoms with Crippen molar-refractivity contribution in [1.82, 2.24) is 5.32 Å². The van der Waals surface area contributed by atoms with Gasteiger partial charge in [0.1, 0.15) is 11.9 Å². The molecule has 2 aromatic carbocycles. The van der Waals surface area contributed by atoms with Crippen LogP contribution in [0.4, 0.5) is 10.1 Å². The van der Waals surface area contributed by atoms with Crippen molar-refractivity contribution in [2.45, 2.75) is 6.54 Å². The molecule has 0 aliphatic carbocycles. The van der Waals surface area contributed by atoms with Gasteiger partial charge in [-0.1, -0.05) is 12.1 Å². The van der Waals surface area contributed by atoms with Crippen LogP contribution in [-0.2, 0) is 6.54 Å². The SMILES string of the molecule is CNC(=O)c1ccc(CNc2ccc(F)cc2C#N)cc1. The van der Waals surface area contributed by atoms with E-state index in [4.69, 9.17) is 5.26 Å². The molecular weight excluding hydrogens is 269 g/mol. The van der Waals surface area contributed by atoms with Gasteiger partial charge in [0.15, 0.2) is 0 Å². The molecule has 2 N–H and O–H groups in total. The van der Waals surface area contributed by atoms with Gasteiger partial charge < -0.3 is 10.6 Å². The van der Waals surface area contributed by atoms with E-state index in [1.807, 2.05) is 18.2 Å². The fraction of sp³-hybridized carbons (Fsp3) is 0.125. The molecule has 0 saturated carbocycles. The van der Waals surface area contributed by atoms with E-state index in [9.17, 15) is 9.18 Å². The van der Waals surface area contributed by atoms with Crippen molar-refractivity contribution in [3.63, 3.8) is 0 Å². The minimum atomic E-state index is -0.438. The Morgan fingerprint density at radius 2 is 1.95 bits per heavy atom. The molecule has 0 radical (unpaired) electrons. The summed E-state index contributed by atoms with van der Waals surface area (Å²) in [5.41, 5.74) is 2.38. The van der Waals surface area contributed by atoms with Crippen LogP contribution in [0.3, 0.4) is 0 Å². The molecule has 2 aromatic rings. The second-order valence-electron chi connectivity index (χ2n) is 4.43. The number of carbonyl (C=O) groups is 1. The fourth-order valence-electron chi connectivity index (χ4n) is 1.88. The maximum atomic E-state index is 13.0. The summed E-state index contributed by atoms with van der Waals surface area (Å²) in [6.07, 6.45) is 0. The Hall–Kier alpha value is -2.87. The molecule has 0 atom stereocenters. The summed E-state index contributed by atoms with van der Waals surface area (Å²) < 4.78 is 13.0. The van der Waals surface area contributed by atoms with Crippen LogP contribution >= 0.6 is 0 Å². The normalized spacial score (nSPS) is 9.76. The molecule has 0 heterocycles. The Bertz CT molecular complexity index is 690. The second kappa shape index (κ2) is 6.53. The number of nitrogens with zero attached hydrogens (tertiary/aromatic N) is 1. The molecule has 0 aliphatic heterocycles. The zero-order chi connectivity index (χ0) is 15.2. The van der Waals surface area contributed by atoms with Gasteiger partial charge in [0.2, 0.25) is 0 Å². The van der Waals surface area contributed by atoms with Crippen LogP contribution in [0, 0.1) is 17.1 Å². The second-order valence-corrected chi connectivity index (χ2v) is 4.43. The molecule has 1 amide bonds. The third-order valence-electron chi connectivity index (χ3n) is 3.03. The number of anilines is 1. The summed E-state index contributed by atoms with van der Waals surface area (Å²) in [4.78, 5) is 11.4.